The molecule has 0 unspecified atom stereocenters. The van der Waals surface area contributed by atoms with Crippen LogP contribution in [0.3, 0.4) is 0 Å². The summed E-state index contributed by atoms with van der Waals surface area (Å²) in [5.41, 5.74) is -0.0938. The molecule has 0 bridgehead atoms. The van der Waals surface area contributed by atoms with E-state index in [1.165, 1.54) is 17.4 Å². The van der Waals surface area contributed by atoms with Gasteiger partial charge in [0.05, 0.1) is 5.56 Å². The van der Waals surface area contributed by atoms with E-state index in [9.17, 15) is 18.0 Å². The molecule has 142 valence electrons. The lowest BCUT2D eigenvalue weighted by Gasteiger charge is -2.20. The molecular formula is C17H19ClF3N3OS. The molecule has 2 heterocycles. The molecule has 0 saturated carbocycles. The standard InChI is InChI=1S/C17H18F3N3OS.ClH/c18-17(19,20)13-3-1-2-11(8-13)9-14-10-22-16(25-14)23-15(24)12-4-6-21-7-5-12;/h1-3,8,10,12,21H,4-7,9H2,(H,22,23,24);1H. The van der Waals surface area contributed by atoms with Crippen LogP contribution in [0.4, 0.5) is 18.3 Å². The van der Waals surface area contributed by atoms with Crippen LogP contribution in [0.1, 0.15) is 28.8 Å². The van der Waals surface area contributed by atoms with E-state index < -0.39 is 11.7 Å². The van der Waals surface area contributed by atoms with Gasteiger partial charge in [-0.25, -0.2) is 4.98 Å². The lowest BCUT2D eigenvalue weighted by atomic mass is 9.97. The van der Waals surface area contributed by atoms with Gasteiger partial charge in [0.1, 0.15) is 0 Å². The number of alkyl halides is 3. The number of benzene rings is 1. The third kappa shape index (κ3) is 5.43. The van der Waals surface area contributed by atoms with Gasteiger partial charge in [0.2, 0.25) is 5.91 Å². The monoisotopic (exact) mass is 405 g/mol. The molecule has 4 nitrogen and oxygen atoms in total. The van der Waals surface area contributed by atoms with Gasteiger partial charge in [-0.15, -0.1) is 23.7 Å². The van der Waals surface area contributed by atoms with E-state index in [0.717, 1.165) is 42.9 Å². The molecule has 1 amide bonds. The second kappa shape index (κ2) is 8.83. The molecular weight excluding hydrogens is 387 g/mol. The normalized spacial score (nSPS) is 15.3. The van der Waals surface area contributed by atoms with Crippen molar-refractivity contribution in [3.63, 3.8) is 0 Å². The fourth-order valence-electron chi connectivity index (χ4n) is 2.80. The van der Waals surface area contributed by atoms with Gasteiger partial charge in [0.15, 0.2) is 5.13 Å². The van der Waals surface area contributed by atoms with Crippen LogP contribution in [0.5, 0.6) is 0 Å². The predicted octanol–water partition coefficient (Wildman–Crippen LogP) is 4.11. The Hall–Kier alpha value is -1.64. The zero-order chi connectivity index (χ0) is 17.9. The van der Waals surface area contributed by atoms with Gasteiger partial charge in [-0.05, 0) is 37.6 Å². The highest BCUT2D eigenvalue weighted by molar-refractivity contribution is 7.15. The Labute approximate surface area is 159 Å². The SMILES string of the molecule is Cl.O=C(Nc1ncc(Cc2cccc(C(F)(F)F)c2)s1)C1CCNCC1. The number of piperidine rings is 1. The highest BCUT2D eigenvalue weighted by Gasteiger charge is 2.30. The van der Waals surface area contributed by atoms with Crippen molar-refractivity contribution >= 4 is 34.8 Å². The van der Waals surface area contributed by atoms with Crippen molar-refractivity contribution in [1.29, 1.82) is 0 Å². The molecule has 3 rings (SSSR count). The first kappa shape index (κ1) is 20.7. The van der Waals surface area contributed by atoms with E-state index in [1.54, 1.807) is 12.3 Å². The van der Waals surface area contributed by atoms with Crippen molar-refractivity contribution in [2.24, 2.45) is 5.92 Å². The van der Waals surface area contributed by atoms with Crippen LogP contribution in [0.25, 0.3) is 0 Å². The molecule has 1 aromatic heterocycles. The molecule has 26 heavy (non-hydrogen) atoms. The maximum absolute atomic E-state index is 12.8. The Bertz CT molecular complexity index is 745. The highest BCUT2D eigenvalue weighted by atomic mass is 35.5. The maximum Gasteiger partial charge on any atom is 0.416 e. The molecule has 0 spiro atoms. The fraction of sp³-hybridized carbons (Fsp3) is 0.412. The van der Waals surface area contributed by atoms with Crippen molar-refractivity contribution in [2.75, 3.05) is 18.4 Å². The summed E-state index contributed by atoms with van der Waals surface area (Å²) in [6.07, 6.45) is -0.798. The average Bonchev–Trinajstić information content (AvgIpc) is 3.02. The number of nitrogens with one attached hydrogen (secondary N) is 2. The first-order valence-electron chi connectivity index (χ1n) is 8.04. The summed E-state index contributed by atoms with van der Waals surface area (Å²) in [4.78, 5) is 17.2. The van der Waals surface area contributed by atoms with E-state index >= 15 is 0 Å². The first-order valence-corrected chi connectivity index (χ1v) is 8.86. The molecule has 1 saturated heterocycles. The van der Waals surface area contributed by atoms with Crippen LogP contribution < -0.4 is 10.6 Å². The number of carbonyl (C=O) groups excluding carboxylic acids is 1. The lowest BCUT2D eigenvalue weighted by molar-refractivity contribution is -0.137. The lowest BCUT2D eigenvalue weighted by Crippen LogP contribution is -2.34. The van der Waals surface area contributed by atoms with Crippen molar-refractivity contribution in [2.45, 2.75) is 25.4 Å². The maximum atomic E-state index is 12.8. The number of amides is 1. The number of thiazole rings is 1. The van der Waals surface area contributed by atoms with Gasteiger partial charge in [0, 0.05) is 23.4 Å². The third-order valence-electron chi connectivity index (χ3n) is 4.13. The van der Waals surface area contributed by atoms with Crippen LogP contribution in [0, 0.1) is 5.92 Å². The quantitative estimate of drug-likeness (QED) is 0.804. The van der Waals surface area contributed by atoms with E-state index in [0.29, 0.717) is 17.1 Å². The molecule has 1 fully saturated rings. The number of halogens is 4. The Morgan fingerprint density at radius 1 is 1.31 bits per heavy atom. The fourth-order valence-corrected chi connectivity index (χ4v) is 3.65. The number of anilines is 1. The Morgan fingerprint density at radius 3 is 2.73 bits per heavy atom. The number of hydrogen-bond donors (Lipinski definition) is 2. The predicted molar refractivity (Wildman–Crippen MR) is 97.8 cm³/mol. The smallest absolute Gasteiger partial charge is 0.317 e. The topological polar surface area (TPSA) is 54.0 Å². The highest BCUT2D eigenvalue weighted by Crippen LogP contribution is 2.30. The van der Waals surface area contributed by atoms with E-state index in [1.807, 2.05) is 0 Å². The molecule has 1 aliphatic rings. The van der Waals surface area contributed by atoms with Gasteiger partial charge in [0.25, 0.3) is 0 Å². The molecule has 9 heteroatoms. The zero-order valence-electron chi connectivity index (χ0n) is 13.8. The summed E-state index contributed by atoms with van der Waals surface area (Å²) in [5.74, 6) is -0.0569. The van der Waals surface area contributed by atoms with E-state index in [-0.39, 0.29) is 24.2 Å². The minimum absolute atomic E-state index is 0. The van der Waals surface area contributed by atoms with Gasteiger partial charge < -0.3 is 10.6 Å². The van der Waals surface area contributed by atoms with Crippen LogP contribution in [0.15, 0.2) is 30.5 Å². The van der Waals surface area contributed by atoms with E-state index in [2.05, 4.69) is 15.6 Å². The zero-order valence-corrected chi connectivity index (χ0v) is 15.4. The number of nitrogens with zero attached hydrogens (tertiary/aromatic N) is 1. The van der Waals surface area contributed by atoms with Crippen molar-refractivity contribution in [3.8, 4) is 0 Å². The van der Waals surface area contributed by atoms with E-state index in [4.69, 9.17) is 0 Å². The Kier molecular flexibility index (Phi) is 7.02. The molecule has 1 aliphatic heterocycles. The van der Waals surface area contributed by atoms with Crippen LogP contribution in [0.2, 0.25) is 0 Å². The number of carbonyl (C=O) groups is 1. The molecule has 0 atom stereocenters. The third-order valence-corrected chi connectivity index (χ3v) is 5.04. The van der Waals surface area contributed by atoms with Crippen molar-refractivity contribution in [3.05, 3.63) is 46.5 Å². The Morgan fingerprint density at radius 2 is 2.04 bits per heavy atom. The van der Waals surface area contributed by atoms with Crippen LogP contribution in [-0.2, 0) is 17.4 Å². The minimum Gasteiger partial charge on any atom is -0.317 e. The average molecular weight is 406 g/mol. The first-order chi connectivity index (χ1) is 11.9. The minimum atomic E-state index is -4.35. The Balaban J connectivity index is 0.00000243. The second-order valence-electron chi connectivity index (χ2n) is 6.02. The summed E-state index contributed by atoms with van der Waals surface area (Å²) in [5, 5.41) is 6.51. The molecule has 0 aliphatic carbocycles. The summed E-state index contributed by atoms with van der Waals surface area (Å²) in [6.45, 7) is 1.66. The van der Waals surface area contributed by atoms with Crippen molar-refractivity contribution < 1.29 is 18.0 Å². The molecule has 1 aromatic carbocycles. The largest absolute Gasteiger partial charge is 0.416 e. The van der Waals surface area contributed by atoms with Crippen LogP contribution in [-0.4, -0.2) is 24.0 Å². The number of rotatable bonds is 4. The van der Waals surface area contributed by atoms with Crippen molar-refractivity contribution in [1.82, 2.24) is 10.3 Å². The summed E-state index contributed by atoms with van der Waals surface area (Å²) < 4.78 is 38.3. The second-order valence-corrected chi connectivity index (χ2v) is 7.14. The summed E-state index contributed by atoms with van der Waals surface area (Å²) >= 11 is 1.29. The number of hydrogen-bond acceptors (Lipinski definition) is 4. The molecule has 0 radical (unpaired) electrons. The van der Waals surface area contributed by atoms with Crippen LogP contribution >= 0.6 is 23.7 Å². The molecule has 2 N–H and O–H groups in total. The van der Waals surface area contributed by atoms with Gasteiger partial charge in [-0.2, -0.15) is 13.2 Å². The van der Waals surface area contributed by atoms with Gasteiger partial charge >= 0.3 is 6.18 Å². The number of aromatic nitrogens is 1. The van der Waals surface area contributed by atoms with Gasteiger partial charge in [-0.1, -0.05) is 18.2 Å². The summed E-state index contributed by atoms with van der Waals surface area (Å²) in [6, 6.07) is 5.26. The summed E-state index contributed by atoms with van der Waals surface area (Å²) in [7, 11) is 0. The van der Waals surface area contributed by atoms with Gasteiger partial charge in [-0.3, -0.25) is 4.79 Å². The molecule has 2 aromatic rings.